The zero-order chi connectivity index (χ0) is 25.7. The number of rotatable bonds is 9. The third-order valence-corrected chi connectivity index (χ3v) is 9.01. The van der Waals surface area contributed by atoms with Crippen LogP contribution >= 0.6 is 11.9 Å². The van der Waals surface area contributed by atoms with E-state index in [1.165, 1.54) is 61.8 Å². The van der Waals surface area contributed by atoms with Crippen molar-refractivity contribution >= 4 is 29.8 Å². The quantitative estimate of drug-likeness (QED) is 0.395. The fraction of sp³-hybridized carbons (Fsp3) is 0.690. The fourth-order valence-electron chi connectivity index (χ4n) is 5.69. The first-order valence-corrected chi connectivity index (χ1v) is 15.3. The van der Waals surface area contributed by atoms with Crippen LogP contribution in [-0.4, -0.2) is 54.2 Å². The molecule has 1 aromatic carbocycles. The molecular formula is C29H45N7S. The first-order valence-electron chi connectivity index (χ1n) is 14.4. The van der Waals surface area contributed by atoms with Crippen molar-refractivity contribution in [3.63, 3.8) is 0 Å². The summed E-state index contributed by atoms with van der Waals surface area (Å²) < 4.78 is 3.63. The summed E-state index contributed by atoms with van der Waals surface area (Å²) in [7, 11) is 0. The highest BCUT2D eigenvalue weighted by atomic mass is 32.2. The first-order chi connectivity index (χ1) is 17.9. The van der Waals surface area contributed by atoms with E-state index in [2.05, 4.69) is 64.9 Å². The SMILES string of the molecule is CC(C)(C)c1ccc(SNCC2CCC(CNc3nc(N4CCCC4)nc(N4CCCC4)n3)CC2)cc1. The maximum absolute atomic E-state index is 4.85. The Kier molecular flexibility index (Phi) is 8.75. The lowest BCUT2D eigenvalue weighted by Gasteiger charge is -2.29. The average molecular weight is 524 g/mol. The number of nitrogens with one attached hydrogen (secondary N) is 2. The number of benzene rings is 1. The van der Waals surface area contributed by atoms with Gasteiger partial charge in [0.05, 0.1) is 0 Å². The molecule has 1 aliphatic carbocycles. The molecule has 0 atom stereocenters. The molecule has 2 saturated heterocycles. The van der Waals surface area contributed by atoms with Gasteiger partial charge in [0.1, 0.15) is 0 Å². The molecule has 2 N–H and O–H groups in total. The van der Waals surface area contributed by atoms with Gasteiger partial charge in [0.2, 0.25) is 17.8 Å². The van der Waals surface area contributed by atoms with Crippen LogP contribution in [-0.2, 0) is 5.41 Å². The first kappa shape index (κ1) is 26.5. The minimum atomic E-state index is 0.208. The van der Waals surface area contributed by atoms with E-state index in [0.29, 0.717) is 5.92 Å². The highest BCUT2D eigenvalue weighted by Crippen LogP contribution is 2.30. The van der Waals surface area contributed by atoms with Crippen molar-refractivity contribution < 1.29 is 0 Å². The minimum Gasteiger partial charge on any atom is -0.354 e. The van der Waals surface area contributed by atoms with Crippen LogP contribution in [0.15, 0.2) is 29.2 Å². The summed E-state index contributed by atoms with van der Waals surface area (Å²) in [4.78, 5) is 20.4. The Labute approximate surface area is 227 Å². The van der Waals surface area contributed by atoms with Crippen molar-refractivity contribution in [2.24, 2.45) is 11.8 Å². The number of anilines is 3. The Balaban J connectivity index is 1.07. The van der Waals surface area contributed by atoms with Crippen molar-refractivity contribution in [2.45, 2.75) is 82.4 Å². The maximum atomic E-state index is 4.85. The molecule has 1 aromatic heterocycles. The number of aromatic nitrogens is 3. The van der Waals surface area contributed by atoms with Crippen LogP contribution in [0.1, 0.15) is 77.7 Å². The van der Waals surface area contributed by atoms with Gasteiger partial charge in [0.15, 0.2) is 0 Å². The van der Waals surface area contributed by atoms with Crippen LogP contribution < -0.4 is 19.8 Å². The predicted molar refractivity (Wildman–Crippen MR) is 156 cm³/mol. The smallest absolute Gasteiger partial charge is 0.231 e. The normalized spacial score (nSPS) is 22.6. The standard InChI is InChI=1S/C29H45N7S/c1-29(2,3)24-12-14-25(15-13-24)37-31-21-23-10-8-22(9-11-23)20-30-26-32-27(35-16-4-5-17-35)34-28(33-26)36-18-6-7-19-36/h12-15,22-23,31H,4-11,16-21H2,1-3H3,(H,30,32,33,34). The number of hydrogen-bond acceptors (Lipinski definition) is 8. The van der Waals surface area contributed by atoms with Gasteiger partial charge in [0, 0.05) is 44.2 Å². The van der Waals surface area contributed by atoms with Crippen molar-refractivity contribution in [2.75, 3.05) is 54.4 Å². The molecule has 0 spiro atoms. The minimum absolute atomic E-state index is 0.208. The maximum Gasteiger partial charge on any atom is 0.231 e. The topological polar surface area (TPSA) is 69.2 Å². The molecule has 1 saturated carbocycles. The second-order valence-corrected chi connectivity index (χ2v) is 13.1. The van der Waals surface area contributed by atoms with Crippen molar-refractivity contribution in [3.8, 4) is 0 Å². The van der Waals surface area contributed by atoms with E-state index in [1.807, 2.05) is 0 Å². The summed E-state index contributed by atoms with van der Waals surface area (Å²) in [5.41, 5.74) is 1.60. The molecule has 7 nitrogen and oxygen atoms in total. The largest absolute Gasteiger partial charge is 0.354 e. The van der Waals surface area contributed by atoms with Crippen molar-refractivity contribution in [1.29, 1.82) is 0 Å². The van der Waals surface area contributed by atoms with Crippen LogP contribution in [0.3, 0.4) is 0 Å². The molecule has 202 valence electrons. The van der Waals surface area contributed by atoms with E-state index in [9.17, 15) is 0 Å². The van der Waals surface area contributed by atoms with E-state index in [1.54, 1.807) is 11.9 Å². The van der Waals surface area contributed by atoms with Gasteiger partial charge in [-0.3, -0.25) is 4.72 Å². The second kappa shape index (κ2) is 12.2. The summed E-state index contributed by atoms with van der Waals surface area (Å²) in [6.07, 6.45) is 10.0. The molecule has 0 bridgehead atoms. The molecule has 3 heterocycles. The summed E-state index contributed by atoms with van der Waals surface area (Å²) >= 11 is 1.77. The molecule has 0 amide bonds. The van der Waals surface area contributed by atoms with E-state index >= 15 is 0 Å². The molecular weight excluding hydrogens is 478 g/mol. The van der Waals surface area contributed by atoms with Gasteiger partial charge in [-0.1, -0.05) is 32.9 Å². The van der Waals surface area contributed by atoms with Gasteiger partial charge < -0.3 is 15.1 Å². The molecule has 8 heteroatoms. The van der Waals surface area contributed by atoms with E-state index in [4.69, 9.17) is 15.0 Å². The number of hydrogen-bond donors (Lipinski definition) is 2. The summed E-state index contributed by atoms with van der Waals surface area (Å²) in [5.74, 6) is 3.93. The van der Waals surface area contributed by atoms with Gasteiger partial charge in [-0.25, -0.2) is 0 Å². The van der Waals surface area contributed by atoms with E-state index < -0.39 is 0 Å². The zero-order valence-corrected chi connectivity index (χ0v) is 23.8. The Hall–Kier alpha value is -2.06. The monoisotopic (exact) mass is 523 g/mol. The van der Waals surface area contributed by atoms with Crippen LogP contribution in [0.4, 0.5) is 17.8 Å². The number of nitrogens with zero attached hydrogens (tertiary/aromatic N) is 5. The Morgan fingerprint density at radius 3 is 1.78 bits per heavy atom. The summed E-state index contributed by atoms with van der Waals surface area (Å²) in [6, 6.07) is 9.01. The van der Waals surface area contributed by atoms with Gasteiger partial charge >= 0.3 is 0 Å². The van der Waals surface area contributed by atoms with Gasteiger partial charge in [0.25, 0.3) is 0 Å². The highest BCUT2D eigenvalue weighted by Gasteiger charge is 2.24. The summed E-state index contributed by atoms with van der Waals surface area (Å²) in [6.45, 7) is 13.1. The lowest BCUT2D eigenvalue weighted by Crippen LogP contribution is -2.28. The predicted octanol–water partition coefficient (Wildman–Crippen LogP) is 5.88. The molecule has 3 fully saturated rings. The fourth-order valence-corrected chi connectivity index (χ4v) is 6.45. The van der Waals surface area contributed by atoms with Crippen molar-refractivity contribution in [1.82, 2.24) is 19.7 Å². The second-order valence-electron chi connectivity index (χ2n) is 12.1. The van der Waals surface area contributed by atoms with Gasteiger partial charge in [-0.05, 0) is 98.3 Å². The lowest BCUT2D eigenvalue weighted by molar-refractivity contribution is 0.285. The van der Waals surface area contributed by atoms with E-state index in [0.717, 1.165) is 63.0 Å². The molecule has 3 aliphatic rings. The molecule has 5 rings (SSSR count). The van der Waals surface area contributed by atoms with Crippen LogP contribution in [0.5, 0.6) is 0 Å². The van der Waals surface area contributed by atoms with E-state index in [-0.39, 0.29) is 5.41 Å². The molecule has 0 radical (unpaired) electrons. The third-order valence-electron chi connectivity index (χ3n) is 8.19. The molecule has 0 unspecified atom stereocenters. The highest BCUT2D eigenvalue weighted by molar-refractivity contribution is 7.97. The van der Waals surface area contributed by atoms with Crippen LogP contribution in [0.25, 0.3) is 0 Å². The zero-order valence-electron chi connectivity index (χ0n) is 23.0. The molecule has 2 aromatic rings. The summed E-state index contributed by atoms with van der Waals surface area (Å²) in [5, 5.41) is 3.60. The molecule has 37 heavy (non-hydrogen) atoms. The van der Waals surface area contributed by atoms with Gasteiger partial charge in [-0.2, -0.15) is 15.0 Å². The third kappa shape index (κ3) is 7.29. The Bertz CT molecular complexity index is 952. The lowest BCUT2D eigenvalue weighted by atomic mass is 9.82. The van der Waals surface area contributed by atoms with Crippen molar-refractivity contribution in [3.05, 3.63) is 29.8 Å². The van der Waals surface area contributed by atoms with Crippen LogP contribution in [0, 0.1) is 11.8 Å². The Morgan fingerprint density at radius 2 is 1.27 bits per heavy atom. The Morgan fingerprint density at radius 1 is 0.757 bits per heavy atom. The van der Waals surface area contributed by atoms with Gasteiger partial charge in [-0.15, -0.1) is 0 Å². The molecule has 2 aliphatic heterocycles. The van der Waals surface area contributed by atoms with Crippen LogP contribution in [0.2, 0.25) is 0 Å². The average Bonchev–Trinajstić information content (AvgIpc) is 3.63.